The number of hydrogen-bond donors (Lipinski definition) is 1. The van der Waals surface area contributed by atoms with Crippen molar-refractivity contribution in [3.8, 4) is 0 Å². The van der Waals surface area contributed by atoms with Gasteiger partial charge in [0.2, 0.25) is 0 Å². The fraction of sp³-hybridized carbons (Fsp3) is 1.00. The van der Waals surface area contributed by atoms with Crippen molar-refractivity contribution in [2.75, 3.05) is 26.7 Å². The van der Waals surface area contributed by atoms with Gasteiger partial charge in [-0.15, -0.1) is 0 Å². The zero-order valence-electron chi connectivity index (χ0n) is 11.3. The fourth-order valence-corrected chi connectivity index (χ4v) is 2.00. The van der Waals surface area contributed by atoms with E-state index >= 15 is 0 Å². The summed E-state index contributed by atoms with van der Waals surface area (Å²) in [4.78, 5) is 2.45. The Hall–Kier alpha value is -0.0800. The molecule has 0 spiro atoms. The summed E-state index contributed by atoms with van der Waals surface area (Å²) in [6.07, 6.45) is 3.99. The molecule has 2 heteroatoms. The summed E-state index contributed by atoms with van der Waals surface area (Å²) in [5.41, 5.74) is 0. The predicted octanol–water partition coefficient (Wildman–Crippen LogP) is 2.74. The molecule has 0 aliphatic heterocycles. The molecule has 0 aromatic carbocycles. The minimum Gasteiger partial charge on any atom is -0.315 e. The van der Waals surface area contributed by atoms with Crippen molar-refractivity contribution >= 4 is 0 Å². The van der Waals surface area contributed by atoms with Crippen LogP contribution in [0.1, 0.15) is 47.0 Å². The average molecular weight is 214 g/mol. The molecule has 0 rings (SSSR count). The Labute approximate surface area is 96.4 Å². The van der Waals surface area contributed by atoms with Crippen LogP contribution in [0, 0.1) is 5.92 Å². The van der Waals surface area contributed by atoms with Gasteiger partial charge in [-0.05, 0) is 45.8 Å². The molecular weight excluding hydrogens is 184 g/mol. The van der Waals surface area contributed by atoms with Crippen LogP contribution in [0.2, 0.25) is 0 Å². The van der Waals surface area contributed by atoms with Crippen LogP contribution in [0.3, 0.4) is 0 Å². The zero-order valence-corrected chi connectivity index (χ0v) is 11.3. The SMILES string of the molecule is CCNC(C)CCCCN(C)CC(C)C. The lowest BCUT2D eigenvalue weighted by molar-refractivity contribution is 0.287. The van der Waals surface area contributed by atoms with Crippen molar-refractivity contribution in [2.45, 2.75) is 53.0 Å². The molecule has 0 heterocycles. The molecule has 1 atom stereocenters. The van der Waals surface area contributed by atoms with Gasteiger partial charge >= 0.3 is 0 Å². The van der Waals surface area contributed by atoms with E-state index in [4.69, 9.17) is 0 Å². The summed E-state index contributed by atoms with van der Waals surface area (Å²) in [6, 6.07) is 0.686. The summed E-state index contributed by atoms with van der Waals surface area (Å²) in [7, 11) is 2.23. The molecule has 0 amide bonds. The van der Waals surface area contributed by atoms with Gasteiger partial charge < -0.3 is 10.2 Å². The molecule has 0 fully saturated rings. The number of unbranched alkanes of at least 4 members (excludes halogenated alkanes) is 1. The van der Waals surface area contributed by atoms with Crippen molar-refractivity contribution in [3.05, 3.63) is 0 Å². The molecular formula is C13H30N2. The molecule has 0 radical (unpaired) electrons. The van der Waals surface area contributed by atoms with Crippen LogP contribution >= 0.6 is 0 Å². The average Bonchev–Trinajstić information content (AvgIpc) is 2.12. The Morgan fingerprint density at radius 2 is 1.80 bits per heavy atom. The van der Waals surface area contributed by atoms with Gasteiger partial charge in [0.1, 0.15) is 0 Å². The van der Waals surface area contributed by atoms with Crippen LogP contribution in [0.4, 0.5) is 0 Å². The Morgan fingerprint density at radius 3 is 2.33 bits per heavy atom. The third-order valence-corrected chi connectivity index (χ3v) is 2.66. The summed E-state index contributed by atoms with van der Waals surface area (Å²) in [6.45, 7) is 12.6. The highest BCUT2D eigenvalue weighted by Crippen LogP contribution is 2.03. The molecule has 15 heavy (non-hydrogen) atoms. The predicted molar refractivity (Wildman–Crippen MR) is 69.3 cm³/mol. The second kappa shape index (κ2) is 9.17. The Kier molecular flexibility index (Phi) is 9.12. The Morgan fingerprint density at radius 1 is 1.13 bits per heavy atom. The molecule has 92 valence electrons. The van der Waals surface area contributed by atoms with Gasteiger partial charge in [0.05, 0.1) is 0 Å². The Balaban J connectivity index is 3.30. The first-order valence-electron chi connectivity index (χ1n) is 6.48. The maximum Gasteiger partial charge on any atom is 0.00386 e. The number of hydrogen-bond acceptors (Lipinski definition) is 2. The minimum absolute atomic E-state index is 0.686. The summed E-state index contributed by atoms with van der Waals surface area (Å²) < 4.78 is 0. The van der Waals surface area contributed by atoms with E-state index in [2.05, 4.69) is 45.0 Å². The van der Waals surface area contributed by atoms with Gasteiger partial charge in [-0.25, -0.2) is 0 Å². The highest BCUT2D eigenvalue weighted by Gasteiger charge is 2.02. The van der Waals surface area contributed by atoms with Crippen LogP contribution in [0.5, 0.6) is 0 Å². The molecule has 0 aromatic rings. The number of nitrogens with zero attached hydrogens (tertiary/aromatic N) is 1. The minimum atomic E-state index is 0.686. The molecule has 1 N–H and O–H groups in total. The van der Waals surface area contributed by atoms with E-state index in [9.17, 15) is 0 Å². The van der Waals surface area contributed by atoms with E-state index < -0.39 is 0 Å². The highest BCUT2D eigenvalue weighted by atomic mass is 15.1. The molecule has 0 aliphatic rings. The van der Waals surface area contributed by atoms with Crippen LogP contribution in [-0.2, 0) is 0 Å². The van der Waals surface area contributed by atoms with Crippen molar-refractivity contribution < 1.29 is 0 Å². The topological polar surface area (TPSA) is 15.3 Å². The lowest BCUT2D eigenvalue weighted by Gasteiger charge is -2.19. The van der Waals surface area contributed by atoms with Crippen molar-refractivity contribution in [1.82, 2.24) is 10.2 Å². The van der Waals surface area contributed by atoms with Gasteiger partial charge in [0, 0.05) is 12.6 Å². The summed E-state index contributed by atoms with van der Waals surface area (Å²) in [5, 5.41) is 3.45. The molecule has 0 aliphatic carbocycles. The van der Waals surface area contributed by atoms with Crippen LogP contribution in [0.25, 0.3) is 0 Å². The maximum atomic E-state index is 3.45. The van der Waals surface area contributed by atoms with E-state index in [-0.39, 0.29) is 0 Å². The van der Waals surface area contributed by atoms with Crippen LogP contribution < -0.4 is 5.32 Å². The molecule has 1 unspecified atom stereocenters. The van der Waals surface area contributed by atoms with E-state index in [1.165, 1.54) is 32.4 Å². The van der Waals surface area contributed by atoms with Crippen LogP contribution in [-0.4, -0.2) is 37.6 Å². The van der Waals surface area contributed by atoms with Gasteiger partial charge in [-0.1, -0.05) is 27.2 Å². The molecule has 2 nitrogen and oxygen atoms in total. The third-order valence-electron chi connectivity index (χ3n) is 2.66. The lowest BCUT2D eigenvalue weighted by atomic mass is 10.1. The standard InChI is InChI=1S/C13H30N2/c1-6-14-13(4)9-7-8-10-15(5)11-12(2)3/h12-14H,6-11H2,1-5H3. The van der Waals surface area contributed by atoms with Crippen LogP contribution in [0.15, 0.2) is 0 Å². The summed E-state index contributed by atoms with van der Waals surface area (Å²) >= 11 is 0. The quantitative estimate of drug-likeness (QED) is 0.594. The van der Waals surface area contributed by atoms with Crippen molar-refractivity contribution in [2.24, 2.45) is 5.92 Å². The van der Waals surface area contributed by atoms with E-state index in [0.29, 0.717) is 6.04 Å². The molecule has 0 bridgehead atoms. The second-order valence-electron chi connectivity index (χ2n) is 5.11. The normalized spacial score (nSPS) is 13.8. The molecule has 0 aromatic heterocycles. The smallest absolute Gasteiger partial charge is 0.00386 e. The van der Waals surface area contributed by atoms with Gasteiger partial charge in [-0.3, -0.25) is 0 Å². The largest absolute Gasteiger partial charge is 0.315 e. The fourth-order valence-electron chi connectivity index (χ4n) is 2.00. The maximum absolute atomic E-state index is 3.45. The van der Waals surface area contributed by atoms with Crippen molar-refractivity contribution in [1.29, 1.82) is 0 Å². The second-order valence-corrected chi connectivity index (χ2v) is 5.11. The summed E-state index contributed by atoms with van der Waals surface area (Å²) in [5.74, 6) is 0.788. The first kappa shape index (κ1) is 14.9. The monoisotopic (exact) mass is 214 g/mol. The first-order valence-corrected chi connectivity index (χ1v) is 6.48. The number of nitrogens with one attached hydrogen (secondary N) is 1. The molecule has 0 saturated carbocycles. The lowest BCUT2D eigenvalue weighted by Crippen LogP contribution is -2.27. The first-order chi connectivity index (χ1) is 7.06. The van der Waals surface area contributed by atoms with E-state index in [0.717, 1.165) is 12.5 Å². The van der Waals surface area contributed by atoms with Gasteiger partial charge in [-0.2, -0.15) is 0 Å². The van der Waals surface area contributed by atoms with E-state index in [1.54, 1.807) is 0 Å². The molecule has 0 saturated heterocycles. The van der Waals surface area contributed by atoms with Gasteiger partial charge in [0.25, 0.3) is 0 Å². The Bertz CT molecular complexity index is 134. The zero-order chi connectivity index (χ0) is 11.7. The highest BCUT2D eigenvalue weighted by molar-refractivity contribution is 4.60. The van der Waals surface area contributed by atoms with Crippen molar-refractivity contribution in [3.63, 3.8) is 0 Å². The van der Waals surface area contributed by atoms with Gasteiger partial charge in [0.15, 0.2) is 0 Å². The number of rotatable bonds is 9. The van der Waals surface area contributed by atoms with E-state index in [1.807, 2.05) is 0 Å². The third kappa shape index (κ3) is 10.2.